The van der Waals surface area contributed by atoms with E-state index < -0.39 is 0 Å². The van der Waals surface area contributed by atoms with Crippen LogP contribution in [-0.2, 0) is 6.54 Å². The summed E-state index contributed by atoms with van der Waals surface area (Å²) in [5.74, 6) is 3.90. The zero-order chi connectivity index (χ0) is 7.68. The van der Waals surface area contributed by atoms with Gasteiger partial charge in [0.05, 0.1) is 0 Å². The summed E-state index contributed by atoms with van der Waals surface area (Å²) in [6.07, 6.45) is 0. The molecule has 11 heavy (non-hydrogen) atoms. The lowest BCUT2D eigenvalue weighted by Crippen LogP contribution is -2.17. The number of rotatable bonds is 0. The summed E-state index contributed by atoms with van der Waals surface area (Å²) in [7, 11) is -0.102. The SMILES string of the molecule is C=S1NCc2ccccc2N1. The van der Waals surface area contributed by atoms with Gasteiger partial charge in [-0.2, -0.15) is 0 Å². The van der Waals surface area contributed by atoms with Gasteiger partial charge in [0.1, 0.15) is 0 Å². The summed E-state index contributed by atoms with van der Waals surface area (Å²) in [5, 5.41) is 0. The molecule has 0 amide bonds. The predicted octanol–water partition coefficient (Wildman–Crippen LogP) is 1.73. The van der Waals surface area contributed by atoms with Crippen molar-refractivity contribution in [1.29, 1.82) is 0 Å². The molecule has 0 bridgehead atoms. The maximum absolute atomic E-state index is 3.90. The van der Waals surface area contributed by atoms with Crippen LogP contribution in [0.4, 0.5) is 5.69 Å². The zero-order valence-corrected chi connectivity index (χ0v) is 6.95. The third kappa shape index (κ3) is 1.29. The number of anilines is 1. The molecule has 3 heteroatoms. The summed E-state index contributed by atoms with van der Waals surface area (Å²) in [6, 6.07) is 8.29. The number of fused-ring (bicyclic) bond motifs is 1. The second kappa shape index (κ2) is 2.68. The first-order valence-electron chi connectivity index (χ1n) is 3.48. The van der Waals surface area contributed by atoms with Gasteiger partial charge in [-0.3, -0.25) is 0 Å². The Morgan fingerprint density at radius 3 is 3.09 bits per heavy atom. The van der Waals surface area contributed by atoms with Crippen LogP contribution in [-0.4, -0.2) is 5.87 Å². The van der Waals surface area contributed by atoms with E-state index in [2.05, 4.69) is 33.5 Å². The van der Waals surface area contributed by atoms with Crippen molar-refractivity contribution in [2.24, 2.45) is 0 Å². The van der Waals surface area contributed by atoms with Gasteiger partial charge >= 0.3 is 0 Å². The molecule has 1 aliphatic rings. The van der Waals surface area contributed by atoms with Crippen LogP contribution in [0.1, 0.15) is 5.56 Å². The van der Waals surface area contributed by atoms with Gasteiger partial charge in [0, 0.05) is 12.2 Å². The smallest absolute Gasteiger partial charge is 0.0491 e. The number of hydrogen-bond donors (Lipinski definition) is 2. The van der Waals surface area contributed by atoms with Crippen LogP contribution in [0.25, 0.3) is 0 Å². The summed E-state index contributed by atoms with van der Waals surface area (Å²) in [5.41, 5.74) is 2.53. The molecule has 1 aromatic carbocycles. The van der Waals surface area contributed by atoms with E-state index in [1.807, 2.05) is 6.07 Å². The quantitative estimate of drug-likeness (QED) is 0.574. The fourth-order valence-electron chi connectivity index (χ4n) is 1.11. The van der Waals surface area contributed by atoms with Gasteiger partial charge in [-0.05, 0) is 28.4 Å². The van der Waals surface area contributed by atoms with E-state index in [-0.39, 0.29) is 10.9 Å². The van der Waals surface area contributed by atoms with Crippen molar-refractivity contribution in [2.45, 2.75) is 6.54 Å². The van der Waals surface area contributed by atoms with Crippen LogP contribution >= 0.6 is 10.9 Å². The molecular weight excluding hydrogens is 156 g/mol. The van der Waals surface area contributed by atoms with Crippen LogP contribution in [0.2, 0.25) is 0 Å². The first-order chi connectivity index (χ1) is 5.36. The third-order valence-electron chi connectivity index (χ3n) is 1.69. The molecule has 0 saturated carbocycles. The molecule has 0 aliphatic carbocycles. The van der Waals surface area contributed by atoms with Crippen molar-refractivity contribution >= 4 is 22.4 Å². The summed E-state index contributed by atoms with van der Waals surface area (Å²) >= 11 is 0. The minimum absolute atomic E-state index is 0.102. The minimum Gasteiger partial charge on any atom is -0.324 e. The zero-order valence-electron chi connectivity index (χ0n) is 6.13. The molecule has 1 unspecified atom stereocenters. The number of benzene rings is 1. The van der Waals surface area contributed by atoms with Crippen LogP contribution < -0.4 is 9.44 Å². The highest BCUT2D eigenvalue weighted by Crippen LogP contribution is 2.24. The van der Waals surface area contributed by atoms with E-state index in [0.717, 1.165) is 6.54 Å². The molecule has 1 aliphatic heterocycles. The maximum atomic E-state index is 3.90. The Labute approximate surface area is 68.8 Å². The first kappa shape index (κ1) is 6.88. The molecule has 0 spiro atoms. The normalized spacial score (nSPS) is 22.0. The molecule has 1 atom stereocenters. The van der Waals surface area contributed by atoms with Crippen molar-refractivity contribution in [2.75, 3.05) is 4.72 Å². The Hall–Kier alpha value is -0.800. The molecule has 0 saturated heterocycles. The number of nitrogens with one attached hydrogen (secondary N) is 2. The third-order valence-corrected chi connectivity index (χ3v) is 2.65. The number of hydrogen-bond acceptors (Lipinski definition) is 2. The topological polar surface area (TPSA) is 24.1 Å². The van der Waals surface area contributed by atoms with Gasteiger partial charge in [-0.1, -0.05) is 18.2 Å². The van der Waals surface area contributed by atoms with Gasteiger partial charge in [0.25, 0.3) is 0 Å². The fourth-order valence-corrected chi connectivity index (χ4v) is 1.97. The lowest BCUT2D eigenvalue weighted by atomic mass is 10.2. The molecule has 58 valence electrons. The van der Waals surface area contributed by atoms with E-state index in [9.17, 15) is 0 Å². The Bertz CT molecular complexity index is 296. The summed E-state index contributed by atoms with van der Waals surface area (Å²) in [4.78, 5) is 0. The number of para-hydroxylation sites is 1. The van der Waals surface area contributed by atoms with Crippen molar-refractivity contribution in [3.05, 3.63) is 29.8 Å². The Morgan fingerprint density at radius 1 is 1.36 bits per heavy atom. The van der Waals surface area contributed by atoms with E-state index >= 15 is 0 Å². The largest absolute Gasteiger partial charge is 0.324 e. The van der Waals surface area contributed by atoms with E-state index in [1.54, 1.807) is 0 Å². The standard InChI is InChI=1S/C8H10N2S/c1-11-9-6-7-4-2-3-5-8(7)10-11/h2-5,9-10H,1,6H2. The first-order valence-corrected chi connectivity index (χ1v) is 4.88. The Kier molecular flexibility index (Phi) is 1.68. The average molecular weight is 166 g/mol. The van der Waals surface area contributed by atoms with Gasteiger partial charge in [-0.25, -0.2) is 4.72 Å². The second-order valence-corrected chi connectivity index (χ2v) is 3.75. The maximum Gasteiger partial charge on any atom is 0.0491 e. The Morgan fingerprint density at radius 2 is 2.18 bits per heavy atom. The van der Waals surface area contributed by atoms with Gasteiger partial charge in [-0.15, -0.1) is 0 Å². The fraction of sp³-hybridized carbons (Fsp3) is 0.125. The van der Waals surface area contributed by atoms with Crippen LogP contribution in [0.5, 0.6) is 0 Å². The second-order valence-electron chi connectivity index (χ2n) is 2.47. The average Bonchev–Trinajstić information content (AvgIpc) is 2.04. The molecule has 1 heterocycles. The highest BCUT2D eigenvalue weighted by molar-refractivity contribution is 8.13. The van der Waals surface area contributed by atoms with Crippen molar-refractivity contribution < 1.29 is 0 Å². The van der Waals surface area contributed by atoms with E-state index in [4.69, 9.17) is 0 Å². The molecule has 0 radical (unpaired) electrons. The van der Waals surface area contributed by atoms with Gasteiger partial charge in [0.2, 0.25) is 0 Å². The van der Waals surface area contributed by atoms with Crippen LogP contribution in [0.3, 0.4) is 0 Å². The minimum atomic E-state index is -0.102. The molecule has 0 aromatic heterocycles. The van der Waals surface area contributed by atoms with Gasteiger partial charge in [0.15, 0.2) is 0 Å². The summed E-state index contributed by atoms with van der Waals surface area (Å²) < 4.78 is 6.51. The van der Waals surface area contributed by atoms with Gasteiger partial charge < -0.3 is 4.72 Å². The Balaban J connectivity index is 2.41. The van der Waals surface area contributed by atoms with Crippen LogP contribution in [0.15, 0.2) is 24.3 Å². The van der Waals surface area contributed by atoms with Crippen molar-refractivity contribution in [3.63, 3.8) is 0 Å². The monoisotopic (exact) mass is 166 g/mol. The molecular formula is C8H10N2S. The van der Waals surface area contributed by atoms with E-state index in [0.29, 0.717) is 0 Å². The van der Waals surface area contributed by atoms with Crippen molar-refractivity contribution in [1.82, 2.24) is 4.72 Å². The molecule has 1 aromatic rings. The highest BCUT2D eigenvalue weighted by Gasteiger charge is 2.06. The lowest BCUT2D eigenvalue weighted by molar-refractivity contribution is 0.968. The van der Waals surface area contributed by atoms with E-state index in [1.165, 1.54) is 11.3 Å². The highest BCUT2D eigenvalue weighted by atomic mass is 32.2. The molecule has 2 N–H and O–H groups in total. The molecule has 2 rings (SSSR count). The lowest BCUT2D eigenvalue weighted by Gasteiger charge is -2.21. The summed E-state index contributed by atoms with van der Waals surface area (Å²) in [6.45, 7) is 0.926. The van der Waals surface area contributed by atoms with Crippen molar-refractivity contribution in [3.8, 4) is 0 Å². The van der Waals surface area contributed by atoms with Crippen LogP contribution in [0, 0.1) is 0 Å². The molecule has 0 fully saturated rings. The molecule has 2 nitrogen and oxygen atoms in total. The predicted molar refractivity (Wildman–Crippen MR) is 51.6 cm³/mol.